The van der Waals surface area contributed by atoms with Crippen molar-refractivity contribution in [3.05, 3.63) is 65.6 Å². The van der Waals surface area contributed by atoms with Gasteiger partial charge in [0.1, 0.15) is 0 Å². The van der Waals surface area contributed by atoms with Gasteiger partial charge in [0.25, 0.3) is 5.91 Å². The molecule has 0 radical (unpaired) electrons. The van der Waals surface area contributed by atoms with E-state index in [0.29, 0.717) is 0 Å². The molecule has 5 nitrogen and oxygen atoms in total. The van der Waals surface area contributed by atoms with E-state index in [1.165, 1.54) is 0 Å². The summed E-state index contributed by atoms with van der Waals surface area (Å²) in [4.78, 5) is 22.3. The summed E-state index contributed by atoms with van der Waals surface area (Å²) in [5.41, 5.74) is 3.72. The number of carbonyl (C=O) groups is 1. The van der Waals surface area contributed by atoms with Crippen LogP contribution in [0.5, 0.6) is 0 Å². The zero-order valence-electron chi connectivity index (χ0n) is 16.1. The number of para-hydroxylation sites is 1. The van der Waals surface area contributed by atoms with Crippen LogP contribution in [0.25, 0.3) is 10.9 Å². The highest BCUT2D eigenvalue weighted by atomic mass is 16.2. The molecule has 0 atom stereocenters. The Morgan fingerprint density at radius 2 is 1.74 bits per heavy atom. The largest absolute Gasteiger partial charge is 0.353 e. The van der Waals surface area contributed by atoms with Crippen molar-refractivity contribution in [2.45, 2.75) is 20.4 Å². The van der Waals surface area contributed by atoms with Gasteiger partial charge >= 0.3 is 0 Å². The summed E-state index contributed by atoms with van der Waals surface area (Å²) in [6.45, 7) is 9.43. The Morgan fingerprint density at radius 1 is 1.00 bits per heavy atom. The van der Waals surface area contributed by atoms with Crippen molar-refractivity contribution in [3.63, 3.8) is 0 Å². The molecule has 0 spiro atoms. The molecule has 0 bridgehead atoms. The van der Waals surface area contributed by atoms with Crippen molar-refractivity contribution in [1.82, 2.24) is 19.4 Å². The Labute approximate surface area is 160 Å². The summed E-state index contributed by atoms with van der Waals surface area (Å²) in [6, 6.07) is 12.1. The molecule has 1 amide bonds. The van der Waals surface area contributed by atoms with Gasteiger partial charge in [-0.2, -0.15) is 0 Å². The van der Waals surface area contributed by atoms with Crippen LogP contribution in [0.2, 0.25) is 0 Å². The summed E-state index contributed by atoms with van der Waals surface area (Å²) in [5.74, 6) is 0.126. The van der Waals surface area contributed by atoms with E-state index < -0.39 is 0 Å². The lowest BCUT2D eigenvalue weighted by atomic mass is 10.0. The molecule has 27 heavy (non-hydrogen) atoms. The zero-order chi connectivity index (χ0) is 18.8. The minimum atomic E-state index is 0.126. The normalized spacial score (nSPS) is 15.4. The number of piperazine rings is 1. The van der Waals surface area contributed by atoms with E-state index in [-0.39, 0.29) is 5.91 Å². The number of hydrogen-bond donors (Lipinski definition) is 0. The highest BCUT2D eigenvalue weighted by Crippen LogP contribution is 2.23. The minimum Gasteiger partial charge on any atom is -0.353 e. The number of fused-ring (bicyclic) bond motifs is 1. The van der Waals surface area contributed by atoms with E-state index in [0.717, 1.165) is 67.0 Å². The Kier molecular flexibility index (Phi) is 4.94. The minimum absolute atomic E-state index is 0.126. The van der Waals surface area contributed by atoms with Crippen LogP contribution < -0.4 is 0 Å². The van der Waals surface area contributed by atoms with Crippen molar-refractivity contribution in [3.8, 4) is 0 Å². The van der Waals surface area contributed by atoms with Crippen LogP contribution in [0.4, 0.5) is 0 Å². The number of benzene rings is 1. The quantitative estimate of drug-likeness (QED) is 0.716. The Hall–Kier alpha value is -2.66. The maximum atomic E-state index is 13.2. The van der Waals surface area contributed by atoms with Gasteiger partial charge in [0.15, 0.2) is 0 Å². The lowest BCUT2D eigenvalue weighted by Gasteiger charge is -2.35. The fourth-order valence-electron chi connectivity index (χ4n) is 3.82. The van der Waals surface area contributed by atoms with Gasteiger partial charge in [-0.25, -0.2) is 0 Å². The molecular formula is C22H26N4O. The molecular weight excluding hydrogens is 336 g/mol. The van der Waals surface area contributed by atoms with Gasteiger partial charge in [0.2, 0.25) is 0 Å². The van der Waals surface area contributed by atoms with E-state index >= 15 is 0 Å². The summed E-state index contributed by atoms with van der Waals surface area (Å²) in [6.07, 6.45) is 4.19. The van der Waals surface area contributed by atoms with Crippen molar-refractivity contribution in [2.75, 3.05) is 32.7 Å². The van der Waals surface area contributed by atoms with Crippen LogP contribution in [0.3, 0.4) is 0 Å². The van der Waals surface area contributed by atoms with E-state index in [1.54, 1.807) is 0 Å². The molecule has 1 aromatic carbocycles. The second-order valence-corrected chi connectivity index (χ2v) is 7.34. The fourth-order valence-corrected chi connectivity index (χ4v) is 3.82. The van der Waals surface area contributed by atoms with Gasteiger partial charge < -0.3 is 9.47 Å². The maximum Gasteiger partial charge on any atom is 0.254 e. The van der Waals surface area contributed by atoms with Crippen molar-refractivity contribution < 1.29 is 4.79 Å². The lowest BCUT2D eigenvalue weighted by Crippen LogP contribution is -2.49. The number of amides is 1. The summed E-state index contributed by atoms with van der Waals surface area (Å²) < 4.78 is 2.20. The third-order valence-electron chi connectivity index (χ3n) is 5.40. The number of nitrogens with zero attached hydrogens (tertiary/aromatic N) is 4. The molecule has 0 N–H and O–H groups in total. The van der Waals surface area contributed by atoms with Crippen LogP contribution in [-0.4, -0.2) is 58.0 Å². The number of rotatable bonds is 4. The van der Waals surface area contributed by atoms with Crippen LogP contribution in [-0.2, 0) is 6.54 Å². The van der Waals surface area contributed by atoms with E-state index in [1.807, 2.05) is 43.0 Å². The van der Waals surface area contributed by atoms with Crippen molar-refractivity contribution >= 4 is 16.8 Å². The molecule has 1 aliphatic rings. The molecule has 0 aliphatic carbocycles. The third-order valence-corrected chi connectivity index (χ3v) is 5.40. The van der Waals surface area contributed by atoms with Gasteiger partial charge in [0.05, 0.1) is 11.1 Å². The molecule has 140 valence electrons. The molecule has 0 unspecified atom stereocenters. The maximum absolute atomic E-state index is 13.2. The van der Waals surface area contributed by atoms with Gasteiger partial charge in [-0.15, -0.1) is 0 Å². The molecule has 1 saturated heterocycles. The van der Waals surface area contributed by atoms with Crippen LogP contribution >= 0.6 is 0 Å². The number of hydrogen-bond acceptors (Lipinski definition) is 3. The predicted molar refractivity (Wildman–Crippen MR) is 108 cm³/mol. The second-order valence-electron chi connectivity index (χ2n) is 7.34. The molecule has 3 heterocycles. The molecule has 3 aromatic rings. The second kappa shape index (κ2) is 7.53. The average Bonchev–Trinajstić information content (AvgIpc) is 3.20. The summed E-state index contributed by atoms with van der Waals surface area (Å²) >= 11 is 0. The van der Waals surface area contributed by atoms with Crippen LogP contribution in [0.1, 0.15) is 21.6 Å². The highest BCUT2D eigenvalue weighted by molar-refractivity contribution is 6.06. The Bertz CT molecular complexity index is 940. The third kappa shape index (κ3) is 3.74. The van der Waals surface area contributed by atoms with Gasteiger partial charge in [0, 0.05) is 62.7 Å². The molecule has 1 fully saturated rings. The Morgan fingerprint density at radius 3 is 2.48 bits per heavy atom. The molecule has 5 heteroatoms. The smallest absolute Gasteiger partial charge is 0.254 e. The van der Waals surface area contributed by atoms with Crippen LogP contribution in [0.15, 0.2) is 48.8 Å². The predicted octanol–water partition coefficient (Wildman–Crippen LogP) is 3.11. The molecule has 0 saturated carbocycles. The Balaban J connectivity index is 1.45. The van der Waals surface area contributed by atoms with E-state index in [4.69, 9.17) is 0 Å². The first-order chi connectivity index (χ1) is 13.1. The molecule has 1 aliphatic heterocycles. The fraction of sp³-hybridized carbons (Fsp3) is 0.364. The molecule has 4 rings (SSSR count). The first-order valence-corrected chi connectivity index (χ1v) is 9.61. The van der Waals surface area contributed by atoms with Crippen LogP contribution in [0, 0.1) is 13.8 Å². The average molecular weight is 362 g/mol. The number of carbonyl (C=O) groups excluding carboxylic acids is 1. The zero-order valence-corrected chi connectivity index (χ0v) is 16.1. The number of aromatic nitrogens is 2. The lowest BCUT2D eigenvalue weighted by molar-refractivity contribution is 0.0635. The number of pyridine rings is 1. The monoisotopic (exact) mass is 362 g/mol. The van der Waals surface area contributed by atoms with Gasteiger partial charge in [-0.3, -0.25) is 14.7 Å². The summed E-state index contributed by atoms with van der Waals surface area (Å²) in [7, 11) is 0. The van der Waals surface area contributed by atoms with Gasteiger partial charge in [-0.1, -0.05) is 18.2 Å². The highest BCUT2D eigenvalue weighted by Gasteiger charge is 2.24. The SMILES string of the molecule is Cc1cc(C(=O)N2CCN(CCn3cccc3)CC2)c2cccc(C)c2n1. The topological polar surface area (TPSA) is 41.4 Å². The standard InChI is InChI=1S/C22H26N4O/c1-17-6-5-7-19-20(16-18(2)23-21(17)19)22(27)26-14-12-25(13-15-26)11-10-24-8-3-4-9-24/h3-9,16H,10-15H2,1-2H3. The molecule has 2 aromatic heterocycles. The summed E-state index contributed by atoms with van der Waals surface area (Å²) in [5, 5.41) is 0.959. The van der Waals surface area contributed by atoms with E-state index in [9.17, 15) is 4.79 Å². The van der Waals surface area contributed by atoms with Crippen molar-refractivity contribution in [2.24, 2.45) is 0 Å². The van der Waals surface area contributed by atoms with E-state index in [2.05, 4.69) is 39.0 Å². The van der Waals surface area contributed by atoms with Gasteiger partial charge in [-0.05, 0) is 37.6 Å². The van der Waals surface area contributed by atoms with Crippen molar-refractivity contribution in [1.29, 1.82) is 0 Å². The number of aryl methyl sites for hydroxylation is 2. The first kappa shape index (κ1) is 17.7. The first-order valence-electron chi connectivity index (χ1n) is 9.61.